The highest BCUT2D eigenvalue weighted by Crippen LogP contribution is 2.40. The number of fused-ring (bicyclic) bond motifs is 1. The van der Waals surface area contributed by atoms with Crippen LogP contribution in [-0.2, 0) is 10.2 Å². The van der Waals surface area contributed by atoms with Crippen molar-refractivity contribution in [3.63, 3.8) is 0 Å². The number of amides is 1. The Kier molecular flexibility index (Phi) is 6.22. The van der Waals surface area contributed by atoms with Crippen molar-refractivity contribution in [3.8, 4) is 0 Å². The third kappa shape index (κ3) is 4.41. The van der Waals surface area contributed by atoms with Gasteiger partial charge in [0.05, 0.1) is 12.3 Å². The van der Waals surface area contributed by atoms with Crippen molar-refractivity contribution >= 4 is 32.8 Å². The molecule has 1 amide bonds. The predicted molar refractivity (Wildman–Crippen MR) is 125 cm³/mol. The van der Waals surface area contributed by atoms with E-state index in [1.165, 1.54) is 12.1 Å². The van der Waals surface area contributed by atoms with E-state index in [9.17, 15) is 9.18 Å². The van der Waals surface area contributed by atoms with E-state index >= 15 is 0 Å². The molecule has 2 heterocycles. The highest BCUT2D eigenvalue weighted by Gasteiger charge is 2.39. The van der Waals surface area contributed by atoms with Gasteiger partial charge in [0.25, 0.3) is 0 Å². The number of hydrogen-bond acceptors (Lipinski definition) is 3. The Labute approximate surface area is 191 Å². The summed E-state index contributed by atoms with van der Waals surface area (Å²) in [7, 11) is 3.96. The summed E-state index contributed by atoms with van der Waals surface area (Å²) < 4.78 is 20.2. The monoisotopic (exact) mass is 486 g/mol. The van der Waals surface area contributed by atoms with E-state index in [1.54, 1.807) is 6.26 Å². The summed E-state index contributed by atoms with van der Waals surface area (Å²) in [6, 6.07) is 12.5. The van der Waals surface area contributed by atoms with Crippen molar-refractivity contribution in [2.75, 3.05) is 27.2 Å². The number of rotatable bonds is 5. The maximum atomic E-state index is 13.6. The molecule has 31 heavy (non-hydrogen) atoms. The molecular weight excluding hydrogens is 459 g/mol. The van der Waals surface area contributed by atoms with Crippen molar-refractivity contribution in [2.24, 2.45) is 0 Å². The number of nitrogens with zero attached hydrogens (tertiary/aromatic N) is 2. The lowest BCUT2D eigenvalue weighted by atomic mass is 9.70. The second-order valence-corrected chi connectivity index (χ2v) is 9.70. The minimum Gasteiger partial charge on any atom is -0.464 e. The van der Waals surface area contributed by atoms with Crippen molar-refractivity contribution < 1.29 is 13.6 Å². The molecule has 1 aliphatic heterocycles. The van der Waals surface area contributed by atoms with Crippen LogP contribution in [0.1, 0.15) is 43.4 Å². The van der Waals surface area contributed by atoms with E-state index in [1.807, 2.05) is 49.2 Å². The zero-order valence-electron chi connectivity index (χ0n) is 18.2. The predicted octanol–water partition coefficient (Wildman–Crippen LogP) is 5.91. The van der Waals surface area contributed by atoms with Gasteiger partial charge in [0.1, 0.15) is 11.4 Å². The molecule has 0 saturated carbocycles. The van der Waals surface area contributed by atoms with E-state index in [2.05, 4.69) is 27.9 Å². The Morgan fingerprint density at radius 2 is 1.90 bits per heavy atom. The lowest BCUT2D eigenvalue weighted by molar-refractivity contribution is -0.133. The molecule has 0 aliphatic carbocycles. The molecule has 4 rings (SSSR count). The lowest BCUT2D eigenvalue weighted by Crippen LogP contribution is -2.44. The van der Waals surface area contributed by atoms with Crippen molar-refractivity contribution in [1.82, 2.24) is 9.80 Å². The van der Waals surface area contributed by atoms with Gasteiger partial charge in [-0.2, -0.15) is 0 Å². The maximum Gasteiger partial charge on any atom is 0.223 e. The summed E-state index contributed by atoms with van der Waals surface area (Å²) in [6.07, 6.45) is 3.84. The first kappa shape index (κ1) is 22.0. The Balaban J connectivity index is 1.60. The van der Waals surface area contributed by atoms with E-state index in [0.29, 0.717) is 6.42 Å². The molecule has 3 aromatic rings. The summed E-state index contributed by atoms with van der Waals surface area (Å²) in [5.41, 5.74) is 2.56. The Morgan fingerprint density at radius 1 is 1.23 bits per heavy atom. The molecule has 0 N–H and O–H groups in total. The SMILES string of the molecule is CC(c1cc(Br)cc2ccoc12)N(C)C(=O)CC1(c2ccc(F)cc2)CCN(C)CC1. The van der Waals surface area contributed by atoms with Crippen LogP contribution in [0.4, 0.5) is 4.39 Å². The molecule has 2 aromatic carbocycles. The summed E-state index contributed by atoms with van der Waals surface area (Å²) in [6.45, 7) is 3.87. The number of hydrogen-bond donors (Lipinski definition) is 0. The summed E-state index contributed by atoms with van der Waals surface area (Å²) >= 11 is 3.57. The number of furan rings is 1. The van der Waals surface area contributed by atoms with Gasteiger partial charge in [-0.25, -0.2) is 4.39 Å². The first-order chi connectivity index (χ1) is 14.8. The number of carbonyl (C=O) groups excluding carboxylic acids is 1. The second-order valence-electron chi connectivity index (χ2n) is 8.78. The van der Waals surface area contributed by atoms with Crippen LogP contribution in [-0.4, -0.2) is 42.9 Å². The summed E-state index contributed by atoms with van der Waals surface area (Å²) in [5, 5.41) is 1.01. The van der Waals surface area contributed by atoms with Crippen LogP contribution in [0.5, 0.6) is 0 Å². The number of benzene rings is 2. The third-order valence-electron chi connectivity index (χ3n) is 6.86. The summed E-state index contributed by atoms with van der Waals surface area (Å²) in [5.74, 6) is -0.165. The standard InChI is InChI=1S/C25H28BrFN2O2/c1-17(22-15-20(26)14-18-8-13-31-24(18)22)29(3)23(30)16-25(9-11-28(2)12-10-25)19-4-6-21(27)7-5-19/h4-8,13-15,17H,9-12,16H2,1-3H3. The average Bonchev–Trinajstić information content (AvgIpc) is 3.22. The van der Waals surface area contributed by atoms with Gasteiger partial charge in [-0.15, -0.1) is 0 Å². The Hall–Kier alpha value is -2.18. The largest absolute Gasteiger partial charge is 0.464 e. The van der Waals surface area contributed by atoms with Crippen LogP contribution in [0.15, 0.2) is 57.6 Å². The minimum atomic E-state index is -0.275. The molecule has 1 fully saturated rings. The number of halogens is 2. The van der Waals surface area contributed by atoms with E-state index in [-0.39, 0.29) is 23.2 Å². The summed E-state index contributed by atoms with van der Waals surface area (Å²) in [4.78, 5) is 17.6. The van der Waals surface area contributed by atoms with Gasteiger partial charge in [0.2, 0.25) is 5.91 Å². The normalized spacial score (nSPS) is 17.6. The third-order valence-corrected chi connectivity index (χ3v) is 7.32. The number of carbonyl (C=O) groups is 1. The zero-order chi connectivity index (χ0) is 22.2. The van der Waals surface area contributed by atoms with Gasteiger partial charge >= 0.3 is 0 Å². The molecule has 6 heteroatoms. The molecule has 1 saturated heterocycles. The van der Waals surface area contributed by atoms with Gasteiger partial charge in [-0.1, -0.05) is 28.1 Å². The Morgan fingerprint density at radius 3 is 2.58 bits per heavy atom. The maximum absolute atomic E-state index is 13.6. The highest BCUT2D eigenvalue weighted by molar-refractivity contribution is 9.10. The highest BCUT2D eigenvalue weighted by atomic mass is 79.9. The fraction of sp³-hybridized carbons (Fsp3) is 0.400. The van der Waals surface area contributed by atoms with Crippen LogP contribution < -0.4 is 0 Å². The Bertz CT molecular complexity index is 1070. The fourth-order valence-corrected chi connectivity index (χ4v) is 5.13. The quantitative estimate of drug-likeness (QED) is 0.449. The molecular formula is C25H28BrFN2O2. The number of piperidine rings is 1. The molecule has 0 spiro atoms. The molecule has 4 nitrogen and oxygen atoms in total. The topological polar surface area (TPSA) is 36.7 Å². The van der Waals surface area contributed by atoms with Crippen LogP contribution in [0.2, 0.25) is 0 Å². The first-order valence-corrected chi connectivity index (χ1v) is 11.5. The molecule has 0 radical (unpaired) electrons. The second kappa shape index (κ2) is 8.75. The molecule has 1 unspecified atom stereocenters. The zero-order valence-corrected chi connectivity index (χ0v) is 19.8. The minimum absolute atomic E-state index is 0.0843. The first-order valence-electron chi connectivity index (χ1n) is 10.7. The van der Waals surface area contributed by atoms with Crippen LogP contribution in [0.25, 0.3) is 11.0 Å². The fourth-order valence-electron chi connectivity index (χ4n) is 4.64. The molecule has 1 atom stereocenters. The molecule has 1 aromatic heterocycles. The van der Waals surface area contributed by atoms with Gasteiger partial charge in [0, 0.05) is 34.3 Å². The van der Waals surface area contributed by atoms with Crippen LogP contribution in [0.3, 0.4) is 0 Å². The van der Waals surface area contributed by atoms with Crippen LogP contribution in [0, 0.1) is 5.82 Å². The smallest absolute Gasteiger partial charge is 0.223 e. The van der Waals surface area contributed by atoms with Gasteiger partial charge in [-0.3, -0.25) is 4.79 Å². The van der Waals surface area contributed by atoms with Crippen molar-refractivity contribution in [3.05, 3.63) is 70.1 Å². The number of likely N-dealkylation sites (tertiary alicyclic amines) is 1. The lowest BCUT2D eigenvalue weighted by Gasteiger charge is -2.42. The van der Waals surface area contributed by atoms with Crippen molar-refractivity contribution in [1.29, 1.82) is 0 Å². The van der Waals surface area contributed by atoms with Crippen LogP contribution >= 0.6 is 15.9 Å². The van der Waals surface area contributed by atoms with Gasteiger partial charge < -0.3 is 14.2 Å². The molecule has 164 valence electrons. The average molecular weight is 487 g/mol. The van der Waals surface area contributed by atoms with Crippen molar-refractivity contribution in [2.45, 2.75) is 37.6 Å². The van der Waals surface area contributed by atoms with E-state index in [4.69, 9.17) is 4.42 Å². The molecule has 0 bridgehead atoms. The van der Waals surface area contributed by atoms with Gasteiger partial charge in [0.15, 0.2) is 0 Å². The van der Waals surface area contributed by atoms with Gasteiger partial charge in [-0.05, 0) is 75.8 Å². The van der Waals surface area contributed by atoms with E-state index < -0.39 is 0 Å². The van der Waals surface area contributed by atoms with E-state index in [0.717, 1.165) is 52.5 Å². The molecule has 1 aliphatic rings.